The molecular weight excluding hydrogens is 426 g/mol. The van der Waals surface area contributed by atoms with Gasteiger partial charge in [-0.25, -0.2) is 8.78 Å². The maximum Gasteiger partial charge on any atom is 0.285 e. The van der Waals surface area contributed by atoms with E-state index in [0.29, 0.717) is 37.1 Å². The normalized spacial score (nSPS) is 17.1. The smallest absolute Gasteiger partial charge is 0.285 e. The maximum absolute atomic E-state index is 13.5. The zero-order valence-corrected chi connectivity index (χ0v) is 17.8. The highest BCUT2D eigenvalue weighted by atomic mass is 19.1. The number of piperidine rings is 1. The van der Waals surface area contributed by atoms with Gasteiger partial charge in [0.25, 0.3) is 11.8 Å². The third-order valence-electron chi connectivity index (χ3n) is 6.22. The van der Waals surface area contributed by atoms with Crippen molar-refractivity contribution in [2.24, 2.45) is 0 Å². The molecule has 1 fully saturated rings. The van der Waals surface area contributed by atoms with Crippen molar-refractivity contribution in [2.45, 2.75) is 25.0 Å². The molecule has 2 aliphatic rings. The minimum absolute atomic E-state index is 0.175. The average Bonchev–Trinajstić information content (AvgIpc) is 3.08. The molecule has 0 saturated carbocycles. The highest BCUT2D eigenvalue weighted by Crippen LogP contribution is 2.33. The summed E-state index contributed by atoms with van der Waals surface area (Å²) < 4.78 is 27.0. The van der Waals surface area contributed by atoms with E-state index in [-0.39, 0.29) is 23.8 Å². The molecule has 5 rings (SSSR count). The van der Waals surface area contributed by atoms with Crippen LogP contribution in [-0.4, -0.2) is 41.0 Å². The predicted molar refractivity (Wildman–Crippen MR) is 117 cm³/mol. The summed E-state index contributed by atoms with van der Waals surface area (Å²) in [5, 5.41) is 0.877. The molecule has 0 radical (unpaired) electrons. The maximum atomic E-state index is 13.5. The second-order valence-electron chi connectivity index (χ2n) is 8.30. The molecule has 168 valence electrons. The van der Waals surface area contributed by atoms with Gasteiger partial charge in [0.2, 0.25) is 0 Å². The van der Waals surface area contributed by atoms with Crippen LogP contribution in [0, 0.1) is 11.6 Å². The van der Waals surface area contributed by atoms with Gasteiger partial charge in [0, 0.05) is 13.1 Å². The van der Waals surface area contributed by atoms with Gasteiger partial charge >= 0.3 is 0 Å². The second-order valence-corrected chi connectivity index (χ2v) is 8.30. The lowest BCUT2D eigenvalue weighted by molar-refractivity contribution is -0.146. The summed E-state index contributed by atoms with van der Waals surface area (Å²) in [5.74, 6) is -1.50. The van der Waals surface area contributed by atoms with E-state index in [1.165, 1.54) is 24.3 Å². The van der Waals surface area contributed by atoms with Crippen LogP contribution in [0.25, 0.3) is 0 Å². The highest BCUT2D eigenvalue weighted by Gasteiger charge is 2.39. The van der Waals surface area contributed by atoms with E-state index in [1.54, 1.807) is 48.5 Å². The molecule has 0 spiro atoms. The number of carbonyl (C=O) groups excluding carboxylic acids is 2. The predicted octanol–water partition coefficient (Wildman–Crippen LogP) is 4.75. The van der Waals surface area contributed by atoms with Crippen molar-refractivity contribution in [3.63, 3.8) is 0 Å². The minimum atomic E-state index is -0.437. The number of likely N-dealkylation sites (tertiary alicyclic amines) is 1. The molecule has 0 bridgehead atoms. The summed E-state index contributed by atoms with van der Waals surface area (Å²) in [6, 6.07) is 19.2. The SMILES string of the molecule is O=C1c2ccccc2C(=O)N1OC1CCN(C(c2ccc(F)cc2)c2ccc(F)cc2)CC1. The lowest BCUT2D eigenvalue weighted by Gasteiger charge is -2.38. The third-order valence-corrected chi connectivity index (χ3v) is 6.22. The number of halogens is 2. The summed E-state index contributed by atoms with van der Waals surface area (Å²) in [6.45, 7) is 1.26. The summed E-state index contributed by atoms with van der Waals surface area (Å²) in [4.78, 5) is 33.2. The van der Waals surface area contributed by atoms with Gasteiger partial charge < -0.3 is 0 Å². The van der Waals surface area contributed by atoms with Gasteiger partial charge in [0.15, 0.2) is 0 Å². The van der Waals surface area contributed by atoms with Crippen LogP contribution in [0.1, 0.15) is 50.7 Å². The van der Waals surface area contributed by atoms with Gasteiger partial charge in [-0.05, 0) is 60.4 Å². The highest BCUT2D eigenvalue weighted by molar-refractivity contribution is 6.20. The number of fused-ring (bicyclic) bond motifs is 1. The molecule has 3 aromatic carbocycles. The number of hydroxylamine groups is 2. The minimum Gasteiger partial charge on any atom is -0.292 e. The molecule has 2 heterocycles. The van der Waals surface area contributed by atoms with Gasteiger partial charge in [-0.15, -0.1) is 5.06 Å². The lowest BCUT2D eigenvalue weighted by atomic mass is 9.94. The van der Waals surface area contributed by atoms with Gasteiger partial charge in [-0.1, -0.05) is 36.4 Å². The molecule has 1 saturated heterocycles. The van der Waals surface area contributed by atoms with Crippen molar-refractivity contribution >= 4 is 11.8 Å². The fourth-order valence-electron chi connectivity index (χ4n) is 4.56. The van der Waals surface area contributed by atoms with E-state index in [4.69, 9.17) is 4.84 Å². The van der Waals surface area contributed by atoms with Crippen LogP contribution < -0.4 is 0 Å². The lowest BCUT2D eigenvalue weighted by Crippen LogP contribution is -2.43. The summed E-state index contributed by atoms with van der Waals surface area (Å²) >= 11 is 0. The third kappa shape index (κ3) is 4.17. The number of hydrogen-bond donors (Lipinski definition) is 0. The second kappa shape index (κ2) is 8.84. The largest absolute Gasteiger partial charge is 0.292 e. The quantitative estimate of drug-likeness (QED) is 0.529. The zero-order valence-electron chi connectivity index (χ0n) is 17.8. The Morgan fingerprint density at radius 2 is 1.18 bits per heavy atom. The molecule has 0 aromatic heterocycles. The number of benzene rings is 3. The Morgan fingerprint density at radius 1 is 0.727 bits per heavy atom. The summed E-state index contributed by atoms with van der Waals surface area (Å²) in [6.07, 6.45) is 0.920. The van der Waals surface area contributed by atoms with E-state index in [0.717, 1.165) is 16.2 Å². The van der Waals surface area contributed by atoms with E-state index in [2.05, 4.69) is 4.90 Å². The zero-order chi connectivity index (χ0) is 22.9. The molecule has 2 aliphatic heterocycles. The fourth-order valence-corrected chi connectivity index (χ4v) is 4.56. The van der Waals surface area contributed by atoms with Crippen LogP contribution in [0.3, 0.4) is 0 Å². The Labute approximate surface area is 190 Å². The Balaban J connectivity index is 1.30. The van der Waals surface area contributed by atoms with Crippen LogP contribution in [0.15, 0.2) is 72.8 Å². The van der Waals surface area contributed by atoms with Crippen molar-refractivity contribution in [3.8, 4) is 0 Å². The topological polar surface area (TPSA) is 49.9 Å². The first-order valence-electron chi connectivity index (χ1n) is 10.9. The van der Waals surface area contributed by atoms with Gasteiger partial charge in [-0.2, -0.15) is 0 Å². The van der Waals surface area contributed by atoms with Crippen molar-refractivity contribution in [3.05, 3.63) is 107 Å². The number of nitrogens with zero attached hydrogens (tertiary/aromatic N) is 2. The van der Waals surface area contributed by atoms with E-state index in [9.17, 15) is 18.4 Å². The molecule has 2 amide bonds. The van der Waals surface area contributed by atoms with Crippen LogP contribution >= 0.6 is 0 Å². The van der Waals surface area contributed by atoms with E-state index >= 15 is 0 Å². The molecule has 33 heavy (non-hydrogen) atoms. The number of hydrogen-bond acceptors (Lipinski definition) is 4. The van der Waals surface area contributed by atoms with Crippen molar-refractivity contribution in [2.75, 3.05) is 13.1 Å². The van der Waals surface area contributed by atoms with Crippen molar-refractivity contribution < 1.29 is 23.2 Å². The Bertz CT molecular complexity index is 1090. The molecule has 0 atom stereocenters. The number of rotatable bonds is 5. The van der Waals surface area contributed by atoms with Gasteiger partial charge in [-0.3, -0.25) is 19.3 Å². The van der Waals surface area contributed by atoms with Crippen LogP contribution in [0.4, 0.5) is 8.78 Å². The molecule has 0 aliphatic carbocycles. The monoisotopic (exact) mass is 448 g/mol. The molecule has 0 unspecified atom stereocenters. The first-order valence-corrected chi connectivity index (χ1v) is 10.9. The number of carbonyl (C=O) groups is 2. The van der Waals surface area contributed by atoms with Gasteiger partial charge in [0.05, 0.1) is 23.3 Å². The Morgan fingerprint density at radius 3 is 1.64 bits per heavy atom. The fraction of sp³-hybridized carbons (Fsp3) is 0.231. The first-order chi connectivity index (χ1) is 16.0. The van der Waals surface area contributed by atoms with E-state index < -0.39 is 11.8 Å². The average molecular weight is 448 g/mol. The summed E-state index contributed by atoms with van der Waals surface area (Å²) in [5.41, 5.74) is 2.52. The molecule has 0 N–H and O–H groups in total. The molecular formula is C26H22F2N2O3. The Kier molecular flexibility index (Phi) is 5.74. The number of imide groups is 1. The molecule has 3 aromatic rings. The summed E-state index contributed by atoms with van der Waals surface area (Å²) in [7, 11) is 0. The first kappa shape index (κ1) is 21.4. The van der Waals surface area contributed by atoms with Crippen LogP contribution in [0.2, 0.25) is 0 Å². The van der Waals surface area contributed by atoms with Gasteiger partial charge in [0.1, 0.15) is 11.6 Å². The van der Waals surface area contributed by atoms with Crippen LogP contribution in [0.5, 0.6) is 0 Å². The molecule has 5 nitrogen and oxygen atoms in total. The molecule has 7 heteroatoms. The number of amides is 2. The Hall–Kier alpha value is -3.42. The standard InChI is InChI=1S/C26H22F2N2O3/c27-19-9-5-17(6-10-19)24(18-7-11-20(28)12-8-18)29-15-13-21(14-16-29)33-30-25(31)22-3-1-2-4-23(22)26(30)32/h1-12,21,24H,13-16H2. The van der Waals surface area contributed by atoms with Crippen molar-refractivity contribution in [1.29, 1.82) is 0 Å². The van der Waals surface area contributed by atoms with Crippen molar-refractivity contribution in [1.82, 2.24) is 9.96 Å². The van der Waals surface area contributed by atoms with Crippen LogP contribution in [-0.2, 0) is 4.84 Å². The van der Waals surface area contributed by atoms with E-state index in [1.807, 2.05) is 0 Å².